The summed E-state index contributed by atoms with van der Waals surface area (Å²) in [5.74, 6) is -6.29. The van der Waals surface area contributed by atoms with Gasteiger partial charge in [0.1, 0.15) is 30.1 Å². The fourth-order valence-corrected chi connectivity index (χ4v) is 10.6. The Morgan fingerprint density at radius 3 is 2.26 bits per heavy atom. The van der Waals surface area contributed by atoms with E-state index in [-0.39, 0.29) is 48.3 Å². The van der Waals surface area contributed by atoms with E-state index in [1.165, 1.54) is 12.0 Å². The number of piperidine rings is 1. The molecule has 1 aliphatic carbocycles. The number of hydrogen-bond acceptors (Lipinski definition) is 13. The molecule has 65 heavy (non-hydrogen) atoms. The van der Waals surface area contributed by atoms with E-state index in [9.17, 15) is 44.7 Å². The Balaban J connectivity index is 1.53. The van der Waals surface area contributed by atoms with Gasteiger partial charge in [0.05, 0.1) is 30.5 Å². The molecule has 14 heteroatoms. The fourth-order valence-electron chi connectivity index (χ4n) is 10.6. The minimum absolute atomic E-state index is 0.000251. The summed E-state index contributed by atoms with van der Waals surface area (Å²) in [6.07, 6.45) is 11.0. The first-order valence-corrected chi connectivity index (χ1v) is 24.2. The molecular weight excluding hydrogens is 835 g/mol. The average Bonchev–Trinajstić information content (AvgIpc) is 3.28. The van der Waals surface area contributed by atoms with Crippen LogP contribution >= 0.6 is 0 Å². The molecule has 0 aromatic rings. The van der Waals surface area contributed by atoms with Gasteiger partial charge < -0.3 is 49.4 Å². The van der Waals surface area contributed by atoms with Crippen LogP contribution in [0.25, 0.3) is 0 Å². The molecule has 0 bridgehead atoms. The van der Waals surface area contributed by atoms with Crippen molar-refractivity contribution in [3.05, 3.63) is 47.6 Å². The number of rotatable bonds is 23. The van der Waals surface area contributed by atoms with Gasteiger partial charge in [-0.25, -0.2) is 4.79 Å². The number of nitrogens with zero attached hydrogens (tertiary/aromatic N) is 1. The molecule has 3 aliphatic heterocycles. The van der Waals surface area contributed by atoms with E-state index in [4.69, 9.17) is 18.9 Å². The second kappa shape index (κ2) is 24.3. The standard InChI is InChI=1S/C51H81NO13/c1-11-13-14-15-18-30(3)42(62-9)28-37-23-21-35(8)51(61,65-37)50(60)44-20-16-19-38(52(44)49(50)59)48(58)64-43(33(6)26-36-22-24-39(53)41(55)27-36)29-40(54)32(5)25-34(7)46(57)47(63-10)45(56)31(4)17-12-2/h11,13-15,18,25,31-33,35-39,41-44,46-47,53,55,57,60-61H,12,16-17,19-24,26-29H2,1-10H3/b13-11+,15-14+,30-18+,34-25+/t31-,32?,33?,35-,36?,37?,38+,39?,41?,42?,43?,44?,46?,47?,50?,51?/m1/s1. The Morgan fingerprint density at radius 2 is 1.63 bits per heavy atom. The van der Waals surface area contributed by atoms with Crippen LogP contribution in [0, 0.1) is 29.6 Å². The topological polar surface area (TPSA) is 210 Å². The molecule has 14 nitrogen and oxygen atoms in total. The third kappa shape index (κ3) is 12.5. The number of methoxy groups -OCH3 is 2. The van der Waals surface area contributed by atoms with Gasteiger partial charge in [0.15, 0.2) is 5.78 Å². The summed E-state index contributed by atoms with van der Waals surface area (Å²) >= 11 is 0. The Morgan fingerprint density at radius 1 is 0.923 bits per heavy atom. The number of amides is 1. The van der Waals surface area contributed by atoms with Crippen LogP contribution in [0.2, 0.25) is 0 Å². The van der Waals surface area contributed by atoms with E-state index in [0.717, 1.165) is 12.0 Å². The molecule has 16 atom stereocenters. The number of ether oxygens (including phenoxy) is 4. The van der Waals surface area contributed by atoms with Crippen molar-refractivity contribution < 1.29 is 63.7 Å². The largest absolute Gasteiger partial charge is 0.460 e. The fraction of sp³-hybridized carbons (Fsp3) is 0.765. The molecule has 0 aromatic heterocycles. The lowest BCUT2D eigenvalue weighted by Gasteiger charge is -2.64. The van der Waals surface area contributed by atoms with E-state index in [1.807, 2.05) is 58.1 Å². The molecule has 1 amide bonds. The van der Waals surface area contributed by atoms with Gasteiger partial charge in [-0.05, 0) is 108 Å². The van der Waals surface area contributed by atoms with Crippen LogP contribution in [0.15, 0.2) is 47.6 Å². The lowest BCUT2D eigenvalue weighted by atomic mass is 9.65. The van der Waals surface area contributed by atoms with Gasteiger partial charge in [0, 0.05) is 44.8 Å². The summed E-state index contributed by atoms with van der Waals surface area (Å²) in [7, 11) is 2.97. The second-order valence-corrected chi connectivity index (χ2v) is 19.7. The monoisotopic (exact) mass is 916 g/mol. The summed E-state index contributed by atoms with van der Waals surface area (Å²) in [5.41, 5.74) is -0.972. The van der Waals surface area contributed by atoms with E-state index in [1.54, 1.807) is 40.9 Å². The van der Waals surface area contributed by atoms with Crippen LogP contribution in [-0.2, 0) is 38.1 Å². The number of aliphatic hydroxyl groups is 5. The van der Waals surface area contributed by atoms with E-state index in [0.29, 0.717) is 69.8 Å². The van der Waals surface area contributed by atoms with Crippen molar-refractivity contribution in [2.24, 2.45) is 29.6 Å². The molecule has 0 radical (unpaired) electrons. The molecular formula is C51H81NO13. The molecule has 368 valence electrons. The highest BCUT2D eigenvalue weighted by Gasteiger charge is 2.75. The average molecular weight is 916 g/mol. The molecule has 4 rings (SSSR count). The molecule has 5 N–H and O–H groups in total. The molecule has 4 aliphatic rings. The van der Waals surface area contributed by atoms with Crippen molar-refractivity contribution in [3.63, 3.8) is 0 Å². The molecule has 4 fully saturated rings. The Bertz CT molecular complexity index is 1740. The second-order valence-electron chi connectivity index (χ2n) is 19.7. The normalized spacial score (nSPS) is 33.4. The Labute approximate surface area is 387 Å². The van der Waals surface area contributed by atoms with Crippen molar-refractivity contribution >= 4 is 23.4 Å². The van der Waals surface area contributed by atoms with Crippen molar-refractivity contribution in [1.29, 1.82) is 0 Å². The van der Waals surface area contributed by atoms with Crippen LogP contribution in [-0.4, -0.2) is 134 Å². The molecule has 13 unspecified atom stereocenters. The van der Waals surface area contributed by atoms with Crippen molar-refractivity contribution in [3.8, 4) is 0 Å². The zero-order valence-electron chi connectivity index (χ0n) is 40.7. The minimum Gasteiger partial charge on any atom is -0.460 e. The summed E-state index contributed by atoms with van der Waals surface area (Å²) in [6.45, 7) is 14.6. The van der Waals surface area contributed by atoms with E-state index >= 15 is 0 Å². The zero-order chi connectivity index (χ0) is 48.4. The predicted molar refractivity (Wildman–Crippen MR) is 246 cm³/mol. The predicted octanol–water partition coefficient (Wildman–Crippen LogP) is 5.85. The lowest BCUT2D eigenvalue weighted by Crippen LogP contribution is -2.87. The van der Waals surface area contributed by atoms with Crippen LogP contribution in [0.3, 0.4) is 0 Å². The van der Waals surface area contributed by atoms with Crippen LogP contribution < -0.4 is 0 Å². The summed E-state index contributed by atoms with van der Waals surface area (Å²) in [4.78, 5) is 57.1. The first-order valence-electron chi connectivity index (χ1n) is 24.2. The quantitative estimate of drug-likeness (QED) is 0.0353. The van der Waals surface area contributed by atoms with Crippen LogP contribution in [0.5, 0.6) is 0 Å². The third-order valence-electron chi connectivity index (χ3n) is 14.9. The van der Waals surface area contributed by atoms with Gasteiger partial charge in [-0.2, -0.15) is 0 Å². The van der Waals surface area contributed by atoms with Gasteiger partial charge in [0.2, 0.25) is 11.4 Å². The zero-order valence-corrected chi connectivity index (χ0v) is 40.7. The first-order chi connectivity index (χ1) is 30.7. The number of β-lactam (4-membered cyclic amide) rings is 1. The van der Waals surface area contributed by atoms with Gasteiger partial charge in [-0.3, -0.25) is 14.4 Å². The first kappa shape index (κ1) is 54.5. The molecule has 0 aromatic carbocycles. The van der Waals surface area contributed by atoms with Crippen molar-refractivity contribution in [2.75, 3.05) is 14.2 Å². The third-order valence-corrected chi connectivity index (χ3v) is 14.9. The highest BCUT2D eigenvalue weighted by molar-refractivity contribution is 5.98. The summed E-state index contributed by atoms with van der Waals surface area (Å²) in [6, 6.07) is -2.00. The maximum Gasteiger partial charge on any atom is 0.329 e. The highest BCUT2D eigenvalue weighted by Crippen LogP contribution is 2.52. The molecule has 1 saturated carbocycles. The Kier molecular flexibility index (Phi) is 20.4. The number of hydrogen-bond donors (Lipinski definition) is 5. The highest BCUT2D eigenvalue weighted by atomic mass is 16.7. The SMILES string of the molecule is C/C=C/C=C/C=C(\C)C(CC1CC[C@@H](C)C(O)(C2(O)C(=O)N3C2CCC[C@H]3C(=O)OC(CC(=O)C(C)/C=C(\C)C(O)C(OC)C(=O)[C@H](C)CCC)C(C)CC2CCC(O)C(O)C2)O1)OC. The number of carbonyl (C=O) groups excluding carboxylic acids is 4. The van der Waals surface area contributed by atoms with Crippen LogP contribution in [0.4, 0.5) is 0 Å². The Hall–Kier alpha value is -3.08. The smallest absolute Gasteiger partial charge is 0.329 e. The molecule has 0 spiro atoms. The minimum atomic E-state index is -2.31. The number of aliphatic hydroxyl groups excluding tert-OH is 3. The molecule has 3 heterocycles. The van der Waals surface area contributed by atoms with Crippen molar-refractivity contribution in [1.82, 2.24) is 4.90 Å². The van der Waals surface area contributed by atoms with Gasteiger partial charge in [-0.1, -0.05) is 77.5 Å². The maximum atomic E-state index is 14.3. The maximum absolute atomic E-state index is 14.3. The number of carbonyl (C=O) groups is 4. The van der Waals surface area contributed by atoms with Gasteiger partial charge in [0.25, 0.3) is 5.91 Å². The lowest BCUT2D eigenvalue weighted by molar-refractivity contribution is -0.376. The number of Topliss-reactive ketones (excluding diaryl/α,β-unsaturated/α-hetero) is 2. The number of allylic oxidation sites excluding steroid dienone is 6. The van der Waals surface area contributed by atoms with Crippen molar-refractivity contribution in [2.45, 2.75) is 205 Å². The summed E-state index contributed by atoms with van der Waals surface area (Å²) < 4.78 is 23.8. The van der Waals surface area contributed by atoms with Gasteiger partial charge >= 0.3 is 5.97 Å². The molecule has 3 saturated heterocycles. The van der Waals surface area contributed by atoms with E-state index in [2.05, 4.69) is 0 Å². The number of esters is 1. The number of ketones is 2. The number of fused-ring (bicyclic) bond motifs is 1. The summed E-state index contributed by atoms with van der Waals surface area (Å²) in [5, 5.41) is 56.4. The van der Waals surface area contributed by atoms with Gasteiger partial charge in [-0.15, -0.1) is 0 Å². The van der Waals surface area contributed by atoms with Crippen LogP contribution in [0.1, 0.15) is 139 Å². The van der Waals surface area contributed by atoms with E-state index < -0.39 is 83.8 Å².